The molecule has 0 saturated carbocycles. The zero-order chi connectivity index (χ0) is 18.1. The number of ether oxygens (including phenoxy) is 2. The second kappa shape index (κ2) is 11.7. The minimum Gasteiger partial charge on any atom is -0.491 e. The van der Waals surface area contributed by atoms with E-state index >= 15 is 0 Å². The van der Waals surface area contributed by atoms with Crippen LogP contribution < -0.4 is 15.4 Å². The molecular formula is C17H26IN5O3. The average Bonchev–Trinajstić information content (AvgIpc) is 3.02. The van der Waals surface area contributed by atoms with Crippen LogP contribution in [0.1, 0.15) is 22.8 Å². The molecule has 9 heteroatoms. The number of nitrogens with zero attached hydrogens (tertiary/aromatic N) is 3. The summed E-state index contributed by atoms with van der Waals surface area (Å²) in [4.78, 5) is 8.34. The molecule has 0 unspecified atom stereocenters. The van der Waals surface area contributed by atoms with Crippen molar-refractivity contribution in [3.8, 4) is 5.75 Å². The number of halogens is 1. The number of hydrogen-bond donors (Lipinski definition) is 2. The van der Waals surface area contributed by atoms with Crippen molar-refractivity contribution in [3.63, 3.8) is 0 Å². The van der Waals surface area contributed by atoms with Crippen LogP contribution in [0.25, 0.3) is 0 Å². The number of benzene rings is 1. The number of methoxy groups -OCH3 is 1. The minimum atomic E-state index is 0. The summed E-state index contributed by atoms with van der Waals surface area (Å²) in [6, 6.07) is 6.11. The summed E-state index contributed by atoms with van der Waals surface area (Å²) in [6.45, 7) is 5.86. The van der Waals surface area contributed by atoms with Gasteiger partial charge >= 0.3 is 0 Å². The van der Waals surface area contributed by atoms with E-state index in [0.717, 1.165) is 16.9 Å². The Balaban J connectivity index is 0.00000338. The van der Waals surface area contributed by atoms with Crippen LogP contribution in [0.15, 0.2) is 27.7 Å². The van der Waals surface area contributed by atoms with Gasteiger partial charge in [-0.3, -0.25) is 4.99 Å². The van der Waals surface area contributed by atoms with Gasteiger partial charge in [-0.2, -0.15) is 4.98 Å². The smallest absolute Gasteiger partial charge is 0.223 e. The molecule has 0 aliphatic carbocycles. The van der Waals surface area contributed by atoms with Gasteiger partial charge in [0.1, 0.15) is 12.4 Å². The maximum Gasteiger partial charge on any atom is 0.223 e. The normalized spacial score (nSPS) is 11.0. The van der Waals surface area contributed by atoms with Gasteiger partial charge in [0.2, 0.25) is 5.89 Å². The largest absolute Gasteiger partial charge is 0.491 e. The Morgan fingerprint density at radius 3 is 2.62 bits per heavy atom. The van der Waals surface area contributed by atoms with Crippen LogP contribution in [0.3, 0.4) is 0 Å². The molecule has 0 bridgehead atoms. The zero-order valence-electron chi connectivity index (χ0n) is 15.5. The summed E-state index contributed by atoms with van der Waals surface area (Å²) < 4.78 is 15.8. The molecule has 1 aromatic carbocycles. The van der Waals surface area contributed by atoms with Gasteiger partial charge in [0.05, 0.1) is 13.2 Å². The summed E-state index contributed by atoms with van der Waals surface area (Å²) in [5.74, 6) is 2.61. The molecule has 2 aromatic rings. The molecule has 0 aliphatic heterocycles. The monoisotopic (exact) mass is 475 g/mol. The Hall–Kier alpha value is -1.88. The van der Waals surface area contributed by atoms with Gasteiger partial charge < -0.3 is 24.6 Å². The average molecular weight is 475 g/mol. The lowest BCUT2D eigenvalue weighted by Gasteiger charge is -2.15. The summed E-state index contributed by atoms with van der Waals surface area (Å²) >= 11 is 0. The van der Waals surface area contributed by atoms with Crippen LogP contribution in [-0.4, -0.2) is 43.5 Å². The van der Waals surface area contributed by atoms with Crippen molar-refractivity contribution in [1.82, 2.24) is 20.8 Å². The highest BCUT2D eigenvalue weighted by atomic mass is 127. The van der Waals surface area contributed by atoms with Gasteiger partial charge in [0.25, 0.3) is 0 Å². The first-order chi connectivity index (χ1) is 12.1. The van der Waals surface area contributed by atoms with E-state index in [1.807, 2.05) is 19.1 Å². The van der Waals surface area contributed by atoms with E-state index in [2.05, 4.69) is 31.8 Å². The van der Waals surface area contributed by atoms with Crippen LogP contribution in [0, 0.1) is 13.8 Å². The van der Waals surface area contributed by atoms with Gasteiger partial charge in [-0.05, 0) is 18.6 Å². The fourth-order valence-corrected chi connectivity index (χ4v) is 2.15. The number of nitrogens with one attached hydrogen (secondary N) is 2. The predicted molar refractivity (Wildman–Crippen MR) is 110 cm³/mol. The summed E-state index contributed by atoms with van der Waals surface area (Å²) in [5, 5.41) is 10.2. The van der Waals surface area contributed by atoms with Crippen molar-refractivity contribution in [3.05, 3.63) is 41.0 Å². The summed E-state index contributed by atoms with van der Waals surface area (Å²) in [7, 11) is 3.37. The van der Waals surface area contributed by atoms with Crippen LogP contribution in [0.5, 0.6) is 5.75 Å². The Bertz CT molecular complexity index is 705. The van der Waals surface area contributed by atoms with E-state index < -0.39 is 0 Å². The Morgan fingerprint density at radius 2 is 1.96 bits per heavy atom. The lowest BCUT2D eigenvalue weighted by molar-refractivity contribution is 0.145. The lowest BCUT2D eigenvalue weighted by Crippen LogP contribution is -2.36. The van der Waals surface area contributed by atoms with Crippen LogP contribution in [0.4, 0.5) is 0 Å². The van der Waals surface area contributed by atoms with Crippen molar-refractivity contribution in [2.75, 3.05) is 27.4 Å². The van der Waals surface area contributed by atoms with E-state index in [9.17, 15) is 0 Å². The molecular weight excluding hydrogens is 449 g/mol. The van der Waals surface area contributed by atoms with Gasteiger partial charge in [-0.25, -0.2) is 0 Å². The summed E-state index contributed by atoms with van der Waals surface area (Å²) in [5.41, 5.74) is 2.19. The standard InChI is InChI=1S/C17H25N5O3.HI/c1-12-5-6-14(15(9-12)24-8-7-23-4)10-19-17(18-3)20-11-16-21-13(2)25-22-16;/h5-6,9H,7-8,10-11H2,1-4H3,(H2,18,19,20);1H. The maximum atomic E-state index is 5.80. The van der Waals surface area contributed by atoms with Crippen molar-refractivity contribution >= 4 is 29.9 Å². The van der Waals surface area contributed by atoms with E-state index in [0.29, 0.717) is 44.0 Å². The van der Waals surface area contributed by atoms with Gasteiger partial charge in [0.15, 0.2) is 11.8 Å². The molecule has 0 atom stereocenters. The van der Waals surface area contributed by atoms with E-state index in [1.54, 1.807) is 21.1 Å². The van der Waals surface area contributed by atoms with Crippen LogP contribution >= 0.6 is 24.0 Å². The molecule has 2 rings (SSSR count). The minimum absolute atomic E-state index is 0. The number of aryl methyl sites for hydroxylation is 2. The Morgan fingerprint density at radius 1 is 1.19 bits per heavy atom. The van der Waals surface area contributed by atoms with E-state index in [4.69, 9.17) is 14.0 Å². The van der Waals surface area contributed by atoms with Crippen LogP contribution in [-0.2, 0) is 17.8 Å². The number of guanidine groups is 1. The maximum absolute atomic E-state index is 5.80. The number of rotatable bonds is 8. The fraction of sp³-hybridized carbons (Fsp3) is 0.471. The predicted octanol–water partition coefficient (Wildman–Crippen LogP) is 2.19. The zero-order valence-corrected chi connectivity index (χ0v) is 17.9. The molecule has 0 aliphatic rings. The van der Waals surface area contributed by atoms with Gasteiger partial charge in [-0.15, -0.1) is 24.0 Å². The second-order valence-electron chi connectivity index (χ2n) is 5.46. The number of aliphatic imine (C=N–C) groups is 1. The van der Waals surface area contributed by atoms with Gasteiger partial charge in [-0.1, -0.05) is 17.3 Å². The van der Waals surface area contributed by atoms with Crippen LogP contribution in [0.2, 0.25) is 0 Å². The number of aromatic nitrogens is 2. The third-order valence-corrected chi connectivity index (χ3v) is 3.42. The quantitative estimate of drug-likeness (QED) is 0.262. The third kappa shape index (κ3) is 7.16. The molecule has 144 valence electrons. The molecule has 1 heterocycles. The first-order valence-corrected chi connectivity index (χ1v) is 8.07. The van der Waals surface area contributed by atoms with Crippen molar-refractivity contribution in [1.29, 1.82) is 0 Å². The number of hydrogen-bond acceptors (Lipinski definition) is 6. The molecule has 0 radical (unpaired) electrons. The highest BCUT2D eigenvalue weighted by Crippen LogP contribution is 2.20. The van der Waals surface area contributed by atoms with Crippen molar-refractivity contribution < 1.29 is 14.0 Å². The fourth-order valence-electron chi connectivity index (χ4n) is 2.15. The molecule has 0 saturated heterocycles. The van der Waals surface area contributed by atoms with E-state index in [-0.39, 0.29) is 24.0 Å². The molecule has 0 spiro atoms. The third-order valence-electron chi connectivity index (χ3n) is 3.42. The van der Waals surface area contributed by atoms with Gasteiger partial charge in [0, 0.05) is 33.2 Å². The second-order valence-corrected chi connectivity index (χ2v) is 5.46. The Labute approximate surface area is 170 Å². The molecule has 0 amide bonds. The van der Waals surface area contributed by atoms with E-state index in [1.165, 1.54) is 0 Å². The molecule has 26 heavy (non-hydrogen) atoms. The molecule has 0 fully saturated rings. The first kappa shape index (κ1) is 22.2. The summed E-state index contributed by atoms with van der Waals surface area (Å²) in [6.07, 6.45) is 0. The Kier molecular flexibility index (Phi) is 9.96. The van der Waals surface area contributed by atoms with Crippen molar-refractivity contribution in [2.24, 2.45) is 4.99 Å². The SMILES string of the molecule is CN=C(NCc1noc(C)n1)NCc1ccc(C)cc1OCCOC.I. The molecule has 8 nitrogen and oxygen atoms in total. The first-order valence-electron chi connectivity index (χ1n) is 8.07. The molecule has 1 aromatic heterocycles. The van der Waals surface area contributed by atoms with Crippen molar-refractivity contribution in [2.45, 2.75) is 26.9 Å². The lowest BCUT2D eigenvalue weighted by atomic mass is 10.1. The topological polar surface area (TPSA) is 93.8 Å². The highest BCUT2D eigenvalue weighted by Gasteiger charge is 2.07. The highest BCUT2D eigenvalue weighted by molar-refractivity contribution is 14.0. The molecule has 2 N–H and O–H groups in total.